The number of nitrogens with zero attached hydrogens (tertiary/aromatic N) is 1. The van der Waals surface area contributed by atoms with Gasteiger partial charge in [0.1, 0.15) is 0 Å². The van der Waals surface area contributed by atoms with Crippen molar-refractivity contribution in [2.75, 3.05) is 39.4 Å². The molecule has 0 aromatic carbocycles. The molecule has 0 aliphatic carbocycles. The fraction of sp³-hybridized carbons (Fsp3) is 1.00. The van der Waals surface area contributed by atoms with Crippen LogP contribution in [0.4, 0.5) is 0 Å². The second-order valence-electron chi connectivity index (χ2n) is 5.75. The molecule has 0 aromatic rings. The maximum Gasteiger partial charge on any atom is 0.0701 e. The van der Waals surface area contributed by atoms with Crippen LogP contribution in [0.15, 0.2) is 0 Å². The molecule has 0 unspecified atom stereocenters. The smallest absolute Gasteiger partial charge is 0.0701 e. The second-order valence-corrected chi connectivity index (χ2v) is 5.75. The quantitative estimate of drug-likeness (QED) is 0.696. The molecule has 0 atom stereocenters. The van der Waals surface area contributed by atoms with Gasteiger partial charge in [0.25, 0.3) is 0 Å². The molecule has 1 fully saturated rings. The molecular weight excluding hydrogens is 216 g/mol. The number of hydrogen-bond acceptors (Lipinski definition) is 4. The molecule has 1 aliphatic heterocycles. The Kier molecular flexibility index (Phi) is 6.41. The highest BCUT2D eigenvalue weighted by molar-refractivity contribution is 4.76. The van der Waals surface area contributed by atoms with Crippen molar-refractivity contribution in [3.05, 3.63) is 0 Å². The van der Waals surface area contributed by atoms with Crippen LogP contribution in [0.5, 0.6) is 0 Å². The molecule has 1 heterocycles. The predicted octanol–water partition coefficient (Wildman–Crippen LogP) is 0.835. The largest absolute Gasteiger partial charge is 0.394 e. The molecule has 17 heavy (non-hydrogen) atoms. The van der Waals surface area contributed by atoms with Crippen molar-refractivity contribution >= 4 is 0 Å². The maximum absolute atomic E-state index is 8.70. The van der Waals surface area contributed by atoms with E-state index in [9.17, 15) is 0 Å². The highest BCUT2D eigenvalue weighted by Gasteiger charge is 2.22. The Labute approximate surface area is 105 Å². The first kappa shape index (κ1) is 14.9. The summed E-state index contributed by atoms with van der Waals surface area (Å²) in [5.74, 6) is 0. The lowest BCUT2D eigenvalue weighted by molar-refractivity contribution is -0.00902. The van der Waals surface area contributed by atoms with Gasteiger partial charge < -0.3 is 20.5 Å². The first-order valence-electron chi connectivity index (χ1n) is 6.72. The standard InChI is InChI=1S/C13H28N2O2/c1-13(2,11-14)5-8-15-6-3-12(4-7-15)17-10-9-16/h12,16H,3-11,14H2,1-2H3. The van der Waals surface area contributed by atoms with Gasteiger partial charge in [-0.15, -0.1) is 0 Å². The van der Waals surface area contributed by atoms with Crippen molar-refractivity contribution in [1.29, 1.82) is 0 Å². The third kappa shape index (κ3) is 5.82. The van der Waals surface area contributed by atoms with Crippen LogP contribution in [0.25, 0.3) is 0 Å². The van der Waals surface area contributed by atoms with E-state index in [-0.39, 0.29) is 12.0 Å². The Balaban J connectivity index is 2.15. The zero-order valence-corrected chi connectivity index (χ0v) is 11.3. The molecule has 3 N–H and O–H groups in total. The molecule has 1 aliphatic rings. The van der Waals surface area contributed by atoms with E-state index in [4.69, 9.17) is 15.6 Å². The lowest BCUT2D eigenvalue weighted by Crippen LogP contribution is -2.39. The van der Waals surface area contributed by atoms with Gasteiger partial charge in [-0.3, -0.25) is 0 Å². The molecule has 4 nitrogen and oxygen atoms in total. The molecule has 0 spiro atoms. The van der Waals surface area contributed by atoms with E-state index < -0.39 is 0 Å². The van der Waals surface area contributed by atoms with Crippen molar-refractivity contribution in [1.82, 2.24) is 4.90 Å². The second kappa shape index (κ2) is 7.31. The van der Waals surface area contributed by atoms with Crippen LogP contribution in [-0.4, -0.2) is 55.5 Å². The fourth-order valence-corrected chi connectivity index (χ4v) is 2.08. The van der Waals surface area contributed by atoms with Gasteiger partial charge >= 0.3 is 0 Å². The van der Waals surface area contributed by atoms with E-state index in [1.54, 1.807) is 0 Å². The molecule has 0 bridgehead atoms. The van der Waals surface area contributed by atoms with Crippen LogP contribution in [0, 0.1) is 5.41 Å². The van der Waals surface area contributed by atoms with Gasteiger partial charge in [-0.05, 0) is 37.8 Å². The van der Waals surface area contributed by atoms with Gasteiger partial charge in [-0.25, -0.2) is 0 Å². The minimum absolute atomic E-state index is 0.130. The third-order valence-electron chi connectivity index (χ3n) is 3.64. The Morgan fingerprint density at radius 1 is 1.35 bits per heavy atom. The number of aliphatic hydroxyl groups is 1. The number of hydrogen-bond donors (Lipinski definition) is 2. The van der Waals surface area contributed by atoms with Crippen LogP contribution in [0.3, 0.4) is 0 Å². The summed E-state index contributed by atoms with van der Waals surface area (Å²) in [7, 11) is 0. The lowest BCUT2D eigenvalue weighted by Gasteiger charge is -2.34. The summed E-state index contributed by atoms with van der Waals surface area (Å²) in [5, 5.41) is 8.70. The number of ether oxygens (including phenoxy) is 1. The Morgan fingerprint density at radius 3 is 2.53 bits per heavy atom. The van der Waals surface area contributed by atoms with Gasteiger partial charge in [0.2, 0.25) is 0 Å². The molecule has 1 rings (SSSR count). The summed E-state index contributed by atoms with van der Waals surface area (Å²) >= 11 is 0. The summed E-state index contributed by atoms with van der Waals surface area (Å²) in [5.41, 5.74) is 5.99. The molecule has 0 amide bonds. The molecule has 0 aromatic heterocycles. The normalized spacial score (nSPS) is 19.8. The molecule has 1 saturated heterocycles. The van der Waals surface area contributed by atoms with Gasteiger partial charge in [0.15, 0.2) is 0 Å². The third-order valence-corrected chi connectivity index (χ3v) is 3.64. The van der Waals surface area contributed by atoms with E-state index in [0.29, 0.717) is 12.7 Å². The topological polar surface area (TPSA) is 58.7 Å². The average Bonchev–Trinajstić information content (AvgIpc) is 2.35. The molecule has 0 saturated carbocycles. The van der Waals surface area contributed by atoms with Crippen molar-refractivity contribution < 1.29 is 9.84 Å². The monoisotopic (exact) mass is 244 g/mol. The van der Waals surface area contributed by atoms with Crippen LogP contribution >= 0.6 is 0 Å². The SMILES string of the molecule is CC(C)(CN)CCN1CCC(OCCO)CC1. The number of piperidine rings is 1. The summed E-state index contributed by atoms with van der Waals surface area (Å²) in [6.45, 7) is 9.16. The Hall–Kier alpha value is -0.160. The van der Waals surface area contributed by atoms with Crippen LogP contribution in [0.2, 0.25) is 0 Å². The van der Waals surface area contributed by atoms with Crippen molar-refractivity contribution in [2.45, 2.75) is 39.2 Å². The van der Waals surface area contributed by atoms with Gasteiger partial charge in [0, 0.05) is 13.1 Å². The molecule has 0 radical (unpaired) electrons. The predicted molar refractivity (Wildman–Crippen MR) is 70.0 cm³/mol. The minimum Gasteiger partial charge on any atom is -0.394 e. The average molecular weight is 244 g/mol. The first-order chi connectivity index (χ1) is 8.07. The van der Waals surface area contributed by atoms with Crippen molar-refractivity contribution in [2.24, 2.45) is 11.1 Å². The molecule has 4 heteroatoms. The summed E-state index contributed by atoms with van der Waals surface area (Å²) in [6.07, 6.45) is 3.68. The summed E-state index contributed by atoms with van der Waals surface area (Å²) in [4.78, 5) is 2.50. The fourth-order valence-electron chi connectivity index (χ4n) is 2.08. The van der Waals surface area contributed by atoms with Crippen molar-refractivity contribution in [3.8, 4) is 0 Å². The maximum atomic E-state index is 8.70. The van der Waals surface area contributed by atoms with E-state index in [0.717, 1.165) is 45.4 Å². The Morgan fingerprint density at radius 2 is 2.00 bits per heavy atom. The zero-order chi connectivity index (χ0) is 12.7. The van der Waals surface area contributed by atoms with Crippen molar-refractivity contribution in [3.63, 3.8) is 0 Å². The number of aliphatic hydroxyl groups excluding tert-OH is 1. The minimum atomic E-state index is 0.130. The molecule has 102 valence electrons. The van der Waals surface area contributed by atoms with Gasteiger partial charge in [0.05, 0.1) is 19.3 Å². The van der Waals surface area contributed by atoms with Crippen LogP contribution in [0.1, 0.15) is 33.1 Å². The van der Waals surface area contributed by atoms with E-state index >= 15 is 0 Å². The van der Waals surface area contributed by atoms with E-state index in [1.807, 2.05) is 0 Å². The van der Waals surface area contributed by atoms with Gasteiger partial charge in [-0.2, -0.15) is 0 Å². The Bertz CT molecular complexity index is 202. The number of nitrogens with two attached hydrogens (primary N) is 1. The number of rotatable bonds is 7. The van der Waals surface area contributed by atoms with Crippen LogP contribution in [-0.2, 0) is 4.74 Å². The number of likely N-dealkylation sites (tertiary alicyclic amines) is 1. The summed E-state index contributed by atoms with van der Waals surface area (Å²) in [6, 6.07) is 0. The summed E-state index contributed by atoms with van der Waals surface area (Å²) < 4.78 is 5.55. The first-order valence-corrected chi connectivity index (χ1v) is 6.72. The van der Waals surface area contributed by atoms with Crippen LogP contribution < -0.4 is 5.73 Å². The van der Waals surface area contributed by atoms with E-state index in [2.05, 4.69) is 18.7 Å². The highest BCUT2D eigenvalue weighted by Crippen LogP contribution is 2.20. The molecular formula is C13H28N2O2. The zero-order valence-electron chi connectivity index (χ0n) is 11.3. The lowest BCUT2D eigenvalue weighted by atomic mass is 9.89. The van der Waals surface area contributed by atoms with Gasteiger partial charge in [-0.1, -0.05) is 13.8 Å². The highest BCUT2D eigenvalue weighted by atomic mass is 16.5. The van der Waals surface area contributed by atoms with E-state index in [1.165, 1.54) is 0 Å².